The second-order valence-corrected chi connectivity index (χ2v) is 6.07. The predicted molar refractivity (Wildman–Crippen MR) is 90.5 cm³/mol. The maximum Gasteiger partial charge on any atom is 0.287 e. The van der Waals surface area contributed by atoms with Crippen molar-refractivity contribution in [3.05, 3.63) is 83.4 Å². The molecule has 0 unspecified atom stereocenters. The van der Waals surface area contributed by atoms with Gasteiger partial charge in [0.15, 0.2) is 5.76 Å². The first-order chi connectivity index (χ1) is 12.1. The lowest BCUT2D eigenvalue weighted by Gasteiger charge is -2.17. The summed E-state index contributed by atoms with van der Waals surface area (Å²) < 4.78 is 19.3. The topological polar surface area (TPSA) is 62.5 Å². The van der Waals surface area contributed by atoms with E-state index in [2.05, 4.69) is 5.32 Å². The van der Waals surface area contributed by atoms with Crippen LogP contribution in [0.15, 0.2) is 65.1 Å². The summed E-state index contributed by atoms with van der Waals surface area (Å²) in [6.07, 6.45) is -0.179. The van der Waals surface area contributed by atoms with Gasteiger partial charge in [0.1, 0.15) is 11.6 Å². The first-order valence-corrected chi connectivity index (χ1v) is 8.05. The molecule has 2 atom stereocenters. The van der Waals surface area contributed by atoms with Crippen molar-refractivity contribution in [1.82, 2.24) is 5.32 Å². The number of hydrogen-bond acceptors (Lipinski definition) is 3. The molecule has 0 spiro atoms. The Labute approximate surface area is 143 Å². The minimum Gasteiger partial charge on any atom is -0.451 e. The highest BCUT2D eigenvalue weighted by Gasteiger charge is 2.32. The molecule has 2 N–H and O–H groups in total. The van der Waals surface area contributed by atoms with E-state index in [4.69, 9.17) is 4.42 Å². The van der Waals surface area contributed by atoms with E-state index in [1.54, 1.807) is 24.3 Å². The Morgan fingerprint density at radius 2 is 1.84 bits per heavy atom. The summed E-state index contributed by atoms with van der Waals surface area (Å²) in [4.78, 5) is 12.5. The van der Waals surface area contributed by atoms with Crippen molar-refractivity contribution >= 4 is 5.91 Å². The molecule has 3 aromatic rings. The fourth-order valence-electron chi connectivity index (χ4n) is 3.23. The van der Waals surface area contributed by atoms with Crippen LogP contribution in [-0.2, 0) is 6.42 Å². The van der Waals surface area contributed by atoms with E-state index in [-0.39, 0.29) is 11.5 Å². The summed E-state index contributed by atoms with van der Waals surface area (Å²) in [5.41, 5.74) is 2.23. The van der Waals surface area contributed by atoms with Crippen LogP contribution in [0, 0.1) is 5.82 Å². The third-order valence-corrected chi connectivity index (χ3v) is 4.46. The molecule has 1 aromatic heterocycles. The molecular weight excluding hydrogens is 321 g/mol. The number of rotatable bonds is 3. The molecule has 5 heteroatoms. The number of benzene rings is 2. The summed E-state index contributed by atoms with van der Waals surface area (Å²) in [7, 11) is 0. The summed E-state index contributed by atoms with van der Waals surface area (Å²) in [5, 5.41) is 13.0. The van der Waals surface area contributed by atoms with Gasteiger partial charge in [0.05, 0.1) is 17.7 Å². The number of hydrogen-bond donors (Lipinski definition) is 2. The van der Waals surface area contributed by atoms with Crippen LogP contribution < -0.4 is 5.32 Å². The number of amides is 1. The van der Waals surface area contributed by atoms with Gasteiger partial charge in [0, 0.05) is 6.42 Å². The Balaban J connectivity index is 1.56. The first kappa shape index (κ1) is 15.6. The number of halogens is 1. The summed E-state index contributed by atoms with van der Waals surface area (Å²) in [6.45, 7) is 0. The zero-order chi connectivity index (χ0) is 17.4. The Kier molecular flexibility index (Phi) is 3.86. The van der Waals surface area contributed by atoms with Gasteiger partial charge in [-0.2, -0.15) is 0 Å². The maximum absolute atomic E-state index is 13.8. The molecular formula is C20H16FNO3. The van der Waals surface area contributed by atoms with Crippen LogP contribution in [0.25, 0.3) is 11.3 Å². The predicted octanol–water partition coefficient (Wildman–Crippen LogP) is 3.47. The highest BCUT2D eigenvalue weighted by atomic mass is 19.1. The van der Waals surface area contributed by atoms with Crippen LogP contribution in [0.3, 0.4) is 0 Å². The molecule has 1 aliphatic carbocycles. The number of aliphatic hydroxyl groups excluding tert-OH is 1. The zero-order valence-electron chi connectivity index (χ0n) is 13.3. The number of nitrogens with one attached hydrogen (secondary N) is 1. The standard InChI is InChI=1S/C20H16FNO3/c21-15-8-4-3-7-14(15)17-9-10-18(25-17)20(24)22-19-13-6-2-1-5-12(13)11-16(19)23/h1-10,16,19,23H,11H2,(H,22,24)/t16-,19+/m0/s1. The number of furan rings is 1. The van der Waals surface area contributed by atoms with Gasteiger partial charge in [0.25, 0.3) is 5.91 Å². The Morgan fingerprint density at radius 1 is 1.08 bits per heavy atom. The molecule has 1 aliphatic rings. The molecule has 0 aliphatic heterocycles. The van der Waals surface area contributed by atoms with Crippen molar-refractivity contribution in [2.45, 2.75) is 18.6 Å². The van der Waals surface area contributed by atoms with Crippen molar-refractivity contribution in [2.24, 2.45) is 0 Å². The van der Waals surface area contributed by atoms with Gasteiger partial charge in [-0.15, -0.1) is 0 Å². The van der Waals surface area contributed by atoms with E-state index in [1.807, 2.05) is 24.3 Å². The van der Waals surface area contributed by atoms with Gasteiger partial charge in [-0.05, 0) is 35.4 Å². The van der Waals surface area contributed by atoms with Gasteiger partial charge >= 0.3 is 0 Å². The minimum atomic E-state index is -0.678. The zero-order valence-corrected chi connectivity index (χ0v) is 13.3. The van der Waals surface area contributed by atoms with Crippen LogP contribution in [-0.4, -0.2) is 17.1 Å². The SMILES string of the molecule is O=C(N[C@@H]1c2ccccc2C[C@@H]1O)c1ccc(-c2ccccc2F)o1. The Bertz CT molecular complexity index is 934. The number of aliphatic hydroxyl groups is 1. The molecule has 0 radical (unpaired) electrons. The van der Waals surface area contributed by atoms with Crippen molar-refractivity contribution < 1.29 is 18.7 Å². The van der Waals surface area contributed by atoms with Crippen molar-refractivity contribution in [2.75, 3.05) is 0 Å². The molecule has 2 aromatic carbocycles. The molecule has 1 amide bonds. The third kappa shape index (κ3) is 2.83. The van der Waals surface area contributed by atoms with E-state index in [9.17, 15) is 14.3 Å². The average molecular weight is 337 g/mol. The van der Waals surface area contributed by atoms with Crippen LogP contribution in [0.2, 0.25) is 0 Å². The van der Waals surface area contributed by atoms with E-state index >= 15 is 0 Å². The fourth-order valence-corrected chi connectivity index (χ4v) is 3.23. The van der Waals surface area contributed by atoms with Gasteiger partial charge < -0.3 is 14.8 Å². The number of fused-ring (bicyclic) bond motifs is 1. The lowest BCUT2D eigenvalue weighted by molar-refractivity contribution is 0.0832. The van der Waals surface area contributed by atoms with Crippen LogP contribution in [0.5, 0.6) is 0 Å². The van der Waals surface area contributed by atoms with Crippen molar-refractivity contribution in [3.8, 4) is 11.3 Å². The molecule has 0 saturated carbocycles. The quantitative estimate of drug-likeness (QED) is 0.769. The van der Waals surface area contributed by atoms with E-state index in [0.29, 0.717) is 12.0 Å². The Morgan fingerprint density at radius 3 is 2.68 bits per heavy atom. The van der Waals surface area contributed by atoms with Gasteiger partial charge in [-0.25, -0.2) is 4.39 Å². The first-order valence-electron chi connectivity index (χ1n) is 8.05. The summed E-state index contributed by atoms with van der Waals surface area (Å²) >= 11 is 0. The van der Waals surface area contributed by atoms with Crippen LogP contribution in [0.1, 0.15) is 27.7 Å². The molecule has 25 heavy (non-hydrogen) atoms. The molecule has 0 fully saturated rings. The average Bonchev–Trinajstić information content (AvgIpc) is 3.21. The van der Waals surface area contributed by atoms with Gasteiger partial charge in [0.2, 0.25) is 0 Å². The summed E-state index contributed by atoms with van der Waals surface area (Å²) in [6, 6.07) is 16.4. The van der Waals surface area contributed by atoms with E-state index < -0.39 is 23.9 Å². The molecule has 4 rings (SSSR count). The minimum absolute atomic E-state index is 0.0786. The van der Waals surface area contributed by atoms with Crippen LogP contribution in [0.4, 0.5) is 4.39 Å². The molecule has 0 saturated heterocycles. The molecule has 4 nitrogen and oxygen atoms in total. The number of carbonyl (C=O) groups is 1. The van der Waals surface area contributed by atoms with Crippen LogP contribution >= 0.6 is 0 Å². The smallest absolute Gasteiger partial charge is 0.287 e. The molecule has 0 bridgehead atoms. The van der Waals surface area contributed by atoms with Crippen molar-refractivity contribution in [1.29, 1.82) is 0 Å². The van der Waals surface area contributed by atoms with Gasteiger partial charge in [-0.3, -0.25) is 4.79 Å². The largest absolute Gasteiger partial charge is 0.451 e. The highest BCUT2D eigenvalue weighted by Crippen LogP contribution is 2.32. The third-order valence-electron chi connectivity index (χ3n) is 4.46. The summed E-state index contributed by atoms with van der Waals surface area (Å²) in [5.74, 6) is -0.488. The highest BCUT2D eigenvalue weighted by molar-refractivity contribution is 5.92. The van der Waals surface area contributed by atoms with Gasteiger partial charge in [-0.1, -0.05) is 36.4 Å². The lowest BCUT2D eigenvalue weighted by Crippen LogP contribution is -2.33. The normalized spacial score (nSPS) is 18.8. The number of carbonyl (C=O) groups excluding carboxylic acids is 1. The second kappa shape index (κ2) is 6.18. The van der Waals surface area contributed by atoms with E-state index in [0.717, 1.165) is 11.1 Å². The fraction of sp³-hybridized carbons (Fsp3) is 0.150. The lowest BCUT2D eigenvalue weighted by atomic mass is 10.1. The molecule has 126 valence electrons. The van der Waals surface area contributed by atoms with Crippen molar-refractivity contribution in [3.63, 3.8) is 0 Å². The van der Waals surface area contributed by atoms with E-state index in [1.165, 1.54) is 12.1 Å². The maximum atomic E-state index is 13.8. The Hall–Kier alpha value is -2.92. The monoisotopic (exact) mass is 337 g/mol. The second-order valence-electron chi connectivity index (χ2n) is 6.07. The molecule has 1 heterocycles.